The van der Waals surface area contributed by atoms with E-state index in [9.17, 15) is 13.2 Å². The van der Waals surface area contributed by atoms with Crippen molar-refractivity contribution in [1.82, 2.24) is 15.1 Å². The quantitative estimate of drug-likeness (QED) is 0.840. The lowest BCUT2D eigenvalue weighted by Gasteiger charge is -2.28. The Balaban J connectivity index is 1.68. The number of nitrogens with zero attached hydrogens (tertiary/aromatic N) is 4. The molecule has 1 aromatic heterocycles. The van der Waals surface area contributed by atoms with Crippen LogP contribution in [0.4, 0.5) is 18.3 Å². The Bertz CT molecular complexity index is 659. The van der Waals surface area contributed by atoms with E-state index in [4.69, 9.17) is 0 Å². The highest BCUT2D eigenvalue weighted by Gasteiger charge is 2.37. The molecule has 24 heavy (non-hydrogen) atoms. The highest BCUT2D eigenvalue weighted by atomic mass is 32.1. The zero-order valence-corrected chi connectivity index (χ0v) is 14.1. The topological polar surface area (TPSA) is 32.3 Å². The summed E-state index contributed by atoms with van der Waals surface area (Å²) in [6, 6.07) is 10.3. The molecule has 1 aromatic carbocycles. The highest BCUT2D eigenvalue weighted by molar-refractivity contribution is 7.15. The van der Waals surface area contributed by atoms with Gasteiger partial charge in [0.25, 0.3) is 0 Å². The third-order valence-corrected chi connectivity index (χ3v) is 5.08. The number of anilines is 1. The first-order valence-electron chi connectivity index (χ1n) is 7.87. The Labute approximate surface area is 142 Å². The molecule has 1 unspecified atom stereocenters. The van der Waals surface area contributed by atoms with E-state index in [2.05, 4.69) is 27.2 Å². The fourth-order valence-corrected chi connectivity index (χ4v) is 3.80. The van der Waals surface area contributed by atoms with E-state index in [0.29, 0.717) is 23.0 Å². The lowest BCUT2D eigenvalue weighted by molar-refractivity contribution is -0.138. The summed E-state index contributed by atoms with van der Waals surface area (Å²) < 4.78 is 38.2. The Kier molecular flexibility index (Phi) is 5.05. The minimum atomic E-state index is -4.43. The molecule has 0 spiro atoms. The van der Waals surface area contributed by atoms with Crippen LogP contribution >= 0.6 is 11.3 Å². The van der Waals surface area contributed by atoms with E-state index in [1.807, 2.05) is 30.0 Å². The number of rotatable bonds is 3. The van der Waals surface area contributed by atoms with Crippen LogP contribution in [0.25, 0.3) is 0 Å². The summed E-state index contributed by atoms with van der Waals surface area (Å²) in [5, 5.41) is 6.54. The zero-order chi connectivity index (χ0) is 17.2. The maximum Gasteiger partial charge on any atom is 0.445 e. The van der Waals surface area contributed by atoms with Gasteiger partial charge in [-0.25, -0.2) is 0 Å². The summed E-state index contributed by atoms with van der Waals surface area (Å²) >= 11 is 0.625. The summed E-state index contributed by atoms with van der Waals surface area (Å²) in [5.74, 6) is 0. The second-order valence-corrected chi connectivity index (χ2v) is 6.96. The molecule has 4 nitrogen and oxygen atoms in total. The minimum absolute atomic E-state index is 0.0882. The molecule has 3 rings (SSSR count). The van der Waals surface area contributed by atoms with Crippen molar-refractivity contribution in [3.8, 4) is 0 Å². The smallest absolute Gasteiger partial charge is 0.343 e. The van der Waals surface area contributed by atoms with Crippen molar-refractivity contribution in [2.75, 3.05) is 24.5 Å². The molecule has 130 valence electrons. The van der Waals surface area contributed by atoms with Gasteiger partial charge in [-0.2, -0.15) is 13.2 Å². The van der Waals surface area contributed by atoms with Crippen LogP contribution in [0, 0.1) is 0 Å². The minimum Gasteiger partial charge on any atom is -0.343 e. The van der Waals surface area contributed by atoms with Crippen LogP contribution in [-0.2, 0) is 12.7 Å². The van der Waals surface area contributed by atoms with E-state index in [1.54, 1.807) is 0 Å². The summed E-state index contributed by atoms with van der Waals surface area (Å²) in [7, 11) is 0. The Morgan fingerprint density at radius 3 is 2.58 bits per heavy atom. The number of benzene rings is 1. The number of alkyl halides is 3. The monoisotopic (exact) mass is 356 g/mol. The van der Waals surface area contributed by atoms with Gasteiger partial charge in [-0.3, -0.25) is 4.90 Å². The molecule has 1 fully saturated rings. The van der Waals surface area contributed by atoms with Crippen LogP contribution in [0.3, 0.4) is 0 Å². The molecule has 1 saturated heterocycles. The fourth-order valence-electron chi connectivity index (χ4n) is 2.96. The largest absolute Gasteiger partial charge is 0.445 e. The molecule has 2 aromatic rings. The standard InChI is InChI=1S/C16H19F3N4S/c1-12-10-22(11-13-6-3-2-4-7-13)8-5-9-23(12)15-21-20-14(24-15)16(17,18)19/h2-4,6-7,12H,5,8-11H2,1H3. The van der Waals surface area contributed by atoms with Gasteiger partial charge in [-0.05, 0) is 18.9 Å². The number of hydrogen-bond donors (Lipinski definition) is 0. The van der Waals surface area contributed by atoms with E-state index in [1.165, 1.54) is 5.56 Å². The molecular formula is C16H19F3N4S. The van der Waals surface area contributed by atoms with Gasteiger partial charge in [0.2, 0.25) is 10.1 Å². The molecule has 1 aliphatic rings. The first-order valence-corrected chi connectivity index (χ1v) is 8.69. The van der Waals surface area contributed by atoms with E-state index >= 15 is 0 Å². The lowest BCUT2D eigenvalue weighted by atomic mass is 10.2. The van der Waals surface area contributed by atoms with E-state index < -0.39 is 11.2 Å². The van der Waals surface area contributed by atoms with Crippen molar-refractivity contribution in [3.63, 3.8) is 0 Å². The second-order valence-electron chi connectivity index (χ2n) is 6.00. The van der Waals surface area contributed by atoms with Crippen LogP contribution in [0.15, 0.2) is 30.3 Å². The van der Waals surface area contributed by atoms with Crippen molar-refractivity contribution in [1.29, 1.82) is 0 Å². The first kappa shape index (κ1) is 17.2. The Morgan fingerprint density at radius 1 is 1.17 bits per heavy atom. The average molecular weight is 356 g/mol. The summed E-state index contributed by atoms with van der Waals surface area (Å²) in [6.07, 6.45) is -3.54. The molecule has 1 atom stereocenters. The molecule has 2 heterocycles. The van der Waals surface area contributed by atoms with Crippen LogP contribution in [0.1, 0.15) is 23.9 Å². The van der Waals surface area contributed by atoms with E-state index in [-0.39, 0.29) is 6.04 Å². The maximum atomic E-state index is 12.7. The molecular weight excluding hydrogens is 337 g/mol. The molecule has 0 N–H and O–H groups in total. The highest BCUT2D eigenvalue weighted by Crippen LogP contribution is 2.35. The molecule has 8 heteroatoms. The molecule has 0 aliphatic carbocycles. The Morgan fingerprint density at radius 2 is 1.92 bits per heavy atom. The van der Waals surface area contributed by atoms with Crippen LogP contribution < -0.4 is 4.90 Å². The summed E-state index contributed by atoms with van der Waals surface area (Å²) in [5.41, 5.74) is 1.24. The zero-order valence-electron chi connectivity index (χ0n) is 13.3. The normalized spacial score (nSPS) is 20.2. The molecule has 0 radical (unpaired) electrons. The van der Waals surface area contributed by atoms with Crippen molar-refractivity contribution in [2.45, 2.75) is 32.1 Å². The van der Waals surface area contributed by atoms with Gasteiger partial charge in [0.1, 0.15) is 0 Å². The van der Waals surface area contributed by atoms with Crippen LogP contribution in [-0.4, -0.2) is 40.8 Å². The molecule has 1 aliphatic heterocycles. The fraction of sp³-hybridized carbons (Fsp3) is 0.500. The third-order valence-electron chi connectivity index (χ3n) is 4.08. The number of halogens is 3. The maximum absolute atomic E-state index is 12.7. The SMILES string of the molecule is CC1CN(Cc2ccccc2)CCCN1c1nnc(C(F)(F)F)s1. The van der Waals surface area contributed by atoms with Crippen molar-refractivity contribution < 1.29 is 13.2 Å². The summed E-state index contributed by atoms with van der Waals surface area (Å²) in [4.78, 5) is 4.28. The van der Waals surface area contributed by atoms with E-state index in [0.717, 1.165) is 26.1 Å². The van der Waals surface area contributed by atoms with Crippen LogP contribution in [0.5, 0.6) is 0 Å². The molecule has 0 bridgehead atoms. The molecule has 0 saturated carbocycles. The van der Waals surface area contributed by atoms with Crippen molar-refractivity contribution in [2.24, 2.45) is 0 Å². The first-order chi connectivity index (χ1) is 11.4. The summed E-state index contributed by atoms with van der Waals surface area (Å²) in [6.45, 7) is 5.27. The second kappa shape index (κ2) is 7.06. The van der Waals surface area contributed by atoms with Crippen molar-refractivity contribution >= 4 is 16.5 Å². The van der Waals surface area contributed by atoms with Gasteiger partial charge >= 0.3 is 6.18 Å². The van der Waals surface area contributed by atoms with Crippen LogP contribution in [0.2, 0.25) is 0 Å². The average Bonchev–Trinajstić information content (AvgIpc) is 2.95. The van der Waals surface area contributed by atoms with Crippen molar-refractivity contribution in [3.05, 3.63) is 40.9 Å². The lowest BCUT2D eigenvalue weighted by Crippen LogP contribution is -2.38. The van der Waals surface area contributed by atoms with Gasteiger partial charge in [-0.1, -0.05) is 41.7 Å². The number of hydrogen-bond acceptors (Lipinski definition) is 5. The predicted molar refractivity (Wildman–Crippen MR) is 88.1 cm³/mol. The number of aromatic nitrogens is 2. The van der Waals surface area contributed by atoms with Gasteiger partial charge in [0.05, 0.1) is 0 Å². The third kappa shape index (κ3) is 4.05. The predicted octanol–water partition coefficient (Wildman–Crippen LogP) is 3.66. The van der Waals surface area contributed by atoms with Gasteiger partial charge in [0.15, 0.2) is 0 Å². The Hall–Kier alpha value is -1.67. The van der Waals surface area contributed by atoms with Gasteiger partial charge in [0, 0.05) is 32.2 Å². The molecule has 0 amide bonds. The van der Waals surface area contributed by atoms with Gasteiger partial charge in [-0.15, -0.1) is 10.2 Å². The van der Waals surface area contributed by atoms with Gasteiger partial charge < -0.3 is 4.90 Å².